The van der Waals surface area contributed by atoms with Gasteiger partial charge < -0.3 is 14.6 Å². The number of aromatic nitrogens is 1. The number of hydrogen-bond donors (Lipinski definition) is 1. The summed E-state index contributed by atoms with van der Waals surface area (Å²) >= 11 is 0. The van der Waals surface area contributed by atoms with E-state index < -0.39 is 5.54 Å². The minimum atomic E-state index is -0.721. The Morgan fingerprint density at radius 2 is 1.90 bits per heavy atom. The van der Waals surface area contributed by atoms with Gasteiger partial charge >= 0.3 is 6.03 Å². The van der Waals surface area contributed by atoms with E-state index in [4.69, 9.17) is 4.74 Å². The zero-order chi connectivity index (χ0) is 21.3. The molecular formula is C23H32N4O3. The van der Waals surface area contributed by atoms with E-state index in [2.05, 4.69) is 28.1 Å². The van der Waals surface area contributed by atoms with Crippen LogP contribution in [0.4, 0.5) is 4.79 Å². The molecule has 1 aromatic carbocycles. The van der Waals surface area contributed by atoms with Gasteiger partial charge in [-0.15, -0.1) is 0 Å². The molecule has 0 saturated carbocycles. The number of benzene rings is 1. The normalized spacial score (nSPS) is 19.7. The van der Waals surface area contributed by atoms with Gasteiger partial charge in [-0.25, -0.2) is 4.79 Å². The summed E-state index contributed by atoms with van der Waals surface area (Å²) in [5, 5.41) is 1.22. The first kappa shape index (κ1) is 20.9. The number of rotatable bonds is 7. The van der Waals surface area contributed by atoms with Crippen molar-refractivity contribution in [2.24, 2.45) is 5.92 Å². The van der Waals surface area contributed by atoms with Crippen LogP contribution >= 0.6 is 0 Å². The van der Waals surface area contributed by atoms with Crippen molar-refractivity contribution >= 4 is 22.8 Å². The third kappa shape index (κ3) is 3.72. The average Bonchev–Trinajstić information content (AvgIpc) is 3.21. The number of carbonyl (C=O) groups excluding carboxylic acids is 2. The number of nitrogens with zero attached hydrogens (tertiary/aromatic N) is 3. The predicted molar refractivity (Wildman–Crippen MR) is 116 cm³/mol. The molecule has 1 spiro atoms. The fraction of sp³-hybridized carbons (Fsp3) is 0.565. The Bertz CT molecular complexity index is 881. The van der Waals surface area contributed by atoms with E-state index in [-0.39, 0.29) is 17.9 Å². The van der Waals surface area contributed by atoms with Gasteiger partial charge in [-0.05, 0) is 36.3 Å². The second-order valence-electron chi connectivity index (χ2n) is 8.93. The summed E-state index contributed by atoms with van der Waals surface area (Å²) in [5.74, 6) is 0.224. The van der Waals surface area contributed by atoms with Crippen LogP contribution in [0.5, 0.6) is 0 Å². The molecule has 0 unspecified atom stereocenters. The van der Waals surface area contributed by atoms with Gasteiger partial charge in [0.1, 0.15) is 5.54 Å². The highest BCUT2D eigenvalue weighted by Crippen LogP contribution is 2.38. The van der Waals surface area contributed by atoms with Crippen molar-refractivity contribution in [3.8, 4) is 0 Å². The summed E-state index contributed by atoms with van der Waals surface area (Å²) in [7, 11) is 1.63. The first-order valence-electron chi connectivity index (χ1n) is 10.9. The lowest BCUT2D eigenvalue weighted by atomic mass is 9.85. The van der Waals surface area contributed by atoms with E-state index in [9.17, 15) is 9.59 Å². The number of H-pyrrole nitrogens is 1. The molecule has 4 rings (SSSR count). The highest BCUT2D eigenvalue weighted by Gasteiger charge is 2.57. The van der Waals surface area contributed by atoms with Gasteiger partial charge in [0.05, 0.1) is 6.61 Å². The molecule has 2 aliphatic rings. The van der Waals surface area contributed by atoms with E-state index >= 15 is 0 Å². The van der Waals surface area contributed by atoms with Crippen LogP contribution in [-0.2, 0) is 16.1 Å². The summed E-state index contributed by atoms with van der Waals surface area (Å²) in [6.07, 6.45) is 1.33. The molecule has 2 aromatic rings. The largest absolute Gasteiger partial charge is 0.383 e. The fourth-order valence-electron chi connectivity index (χ4n) is 4.83. The molecule has 1 aromatic heterocycles. The van der Waals surface area contributed by atoms with Crippen LogP contribution in [0.25, 0.3) is 10.9 Å². The van der Waals surface area contributed by atoms with Crippen molar-refractivity contribution < 1.29 is 14.3 Å². The molecule has 0 aliphatic carbocycles. The van der Waals surface area contributed by atoms with E-state index in [1.54, 1.807) is 12.0 Å². The molecular weight excluding hydrogens is 380 g/mol. The summed E-state index contributed by atoms with van der Waals surface area (Å²) < 4.78 is 5.23. The van der Waals surface area contributed by atoms with E-state index in [0.29, 0.717) is 32.5 Å². The van der Waals surface area contributed by atoms with Crippen LogP contribution in [0.1, 0.15) is 32.4 Å². The van der Waals surface area contributed by atoms with Crippen molar-refractivity contribution in [3.05, 3.63) is 36.0 Å². The lowest BCUT2D eigenvalue weighted by molar-refractivity contribution is -0.136. The second kappa shape index (κ2) is 8.40. The van der Waals surface area contributed by atoms with Crippen molar-refractivity contribution in [1.82, 2.24) is 19.7 Å². The second-order valence-corrected chi connectivity index (χ2v) is 8.93. The van der Waals surface area contributed by atoms with Crippen LogP contribution in [0, 0.1) is 5.92 Å². The molecule has 1 N–H and O–H groups in total. The van der Waals surface area contributed by atoms with Crippen LogP contribution in [0.15, 0.2) is 30.3 Å². The highest BCUT2D eigenvalue weighted by molar-refractivity contribution is 6.07. The Balaban J connectivity index is 1.48. The molecule has 0 atom stereocenters. The van der Waals surface area contributed by atoms with E-state index in [0.717, 1.165) is 25.2 Å². The minimum absolute atomic E-state index is 0.0254. The SMILES string of the molecule is COCCN1C(=O)N(CC(C)C)C(=O)C12CCN(Cc1cc3ccccc3[nH]1)CC2. The maximum absolute atomic E-state index is 13.4. The number of fused-ring (bicyclic) bond motifs is 1. The molecule has 7 nitrogen and oxygen atoms in total. The van der Waals surface area contributed by atoms with Gasteiger partial charge in [-0.1, -0.05) is 32.0 Å². The number of likely N-dealkylation sites (tertiary alicyclic amines) is 1. The van der Waals surface area contributed by atoms with Crippen molar-refractivity contribution in [2.45, 2.75) is 38.8 Å². The number of piperidine rings is 1. The van der Waals surface area contributed by atoms with Gasteiger partial charge in [0.15, 0.2) is 0 Å². The standard InChI is InChI=1S/C23H32N4O3/c1-17(2)15-26-21(28)23(27(22(26)29)12-13-30-3)8-10-25(11-9-23)16-19-14-18-6-4-5-7-20(18)24-19/h4-7,14,17,24H,8-13,15-16H2,1-3H3. The lowest BCUT2D eigenvalue weighted by Gasteiger charge is -2.42. The van der Waals surface area contributed by atoms with Gasteiger partial charge in [0.25, 0.3) is 5.91 Å². The average molecular weight is 413 g/mol. The zero-order valence-electron chi connectivity index (χ0n) is 18.2. The lowest BCUT2D eigenvalue weighted by Crippen LogP contribution is -2.57. The van der Waals surface area contributed by atoms with Gasteiger partial charge in [-0.3, -0.25) is 14.6 Å². The van der Waals surface area contributed by atoms with Gasteiger partial charge in [-0.2, -0.15) is 0 Å². The summed E-state index contributed by atoms with van der Waals surface area (Å²) in [6.45, 7) is 7.83. The van der Waals surface area contributed by atoms with Crippen LogP contribution in [0.2, 0.25) is 0 Å². The first-order valence-corrected chi connectivity index (χ1v) is 10.9. The van der Waals surface area contributed by atoms with E-state index in [1.165, 1.54) is 16.0 Å². The molecule has 0 radical (unpaired) electrons. The van der Waals surface area contributed by atoms with Gasteiger partial charge in [0, 0.05) is 51.0 Å². The Morgan fingerprint density at radius 1 is 1.17 bits per heavy atom. The zero-order valence-corrected chi connectivity index (χ0v) is 18.2. The van der Waals surface area contributed by atoms with Crippen molar-refractivity contribution in [1.29, 1.82) is 0 Å². The number of amides is 3. The Labute approximate surface area is 178 Å². The molecule has 30 heavy (non-hydrogen) atoms. The maximum atomic E-state index is 13.4. The van der Waals surface area contributed by atoms with Crippen LogP contribution < -0.4 is 0 Å². The molecule has 2 fully saturated rings. The quantitative estimate of drug-likeness (QED) is 0.710. The molecule has 0 bridgehead atoms. The number of ether oxygens (including phenoxy) is 1. The monoisotopic (exact) mass is 412 g/mol. The van der Waals surface area contributed by atoms with Crippen molar-refractivity contribution in [3.63, 3.8) is 0 Å². The fourth-order valence-corrected chi connectivity index (χ4v) is 4.83. The summed E-state index contributed by atoms with van der Waals surface area (Å²) in [5.41, 5.74) is 1.60. The molecule has 3 heterocycles. The summed E-state index contributed by atoms with van der Waals surface area (Å²) in [4.78, 5) is 35.5. The van der Waals surface area contributed by atoms with Crippen LogP contribution in [0.3, 0.4) is 0 Å². The van der Waals surface area contributed by atoms with Crippen molar-refractivity contribution in [2.75, 3.05) is 39.9 Å². The number of aromatic amines is 1. The number of methoxy groups -OCH3 is 1. The molecule has 162 valence electrons. The van der Waals surface area contributed by atoms with Gasteiger partial charge in [0.2, 0.25) is 0 Å². The molecule has 2 saturated heterocycles. The predicted octanol–water partition coefficient (Wildman–Crippen LogP) is 3.07. The number of imide groups is 1. The maximum Gasteiger partial charge on any atom is 0.327 e. The Morgan fingerprint density at radius 3 is 2.57 bits per heavy atom. The first-order chi connectivity index (χ1) is 14.4. The number of hydrogen-bond acceptors (Lipinski definition) is 4. The molecule has 3 amide bonds. The third-order valence-electron chi connectivity index (χ3n) is 6.35. The van der Waals surface area contributed by atoms with E-state index in [1.807, 2.05) is 26.0 Å². The molecule has 7 heteroatoms. The Hall–Kier alpha value is -2.38. The minimum Gasteiger partial charge on any atom is -0.383 e. The number of nitrogens with one attached hydrogen (secondary N) is 1. The molecule has 2 aliphatic heterocycles. The smallest absolute Gasteiger partial charge is 0.327 e. The topological polar surface area (TPSA) is 68.9 Å². The number of carbonyl (C=O) groups is 2. The highest BCUT2D eigenvalue weighted by atomic mass is 16.5. The number of para-hydroxylation sites is 1. The number of urea groups is 1. The Kier molecular flexibility index (Phi) is 5.84. The van der Waals surface area contributed by atoms with Crippen LogP contribution in [-0.4, -0.2) is 77.1 Å². The summed E-state index contributed by atoms with van der Waals surface area (Å²) in [6, 6.07) is 10.3. The third-order valence-corrected chi connectivity index (χ3v) is 6.35.